The number of likely N-dealkylation sites (N-methyl/N-ethyl adjacent to an activating group) is 1. The molecule has 2 aliphatic heterocycles. The second kappa shape index (κ2) is 4.72. The van der Waals surface area contributed by atoms with Gasteiger partial charge in [-0.05, 0) is 19.9 Å². The van der Waals surface area contributed by atoms with Crippen molar-refractivity contribution >= 4 is 0 Å². The Labute approximate surface area is 115 Å². The molecule has 2 atom stereocenters. The van der Waals surface area contributed by atoms with E-state index in [0.29, 0.717) is 25.3 Å². The maximum absolute atomic E-state index is 13.9. The van der Waals surface area contributed by atoms with E-state index >= 15 is 0 Å². The first-order valence-electron chi connectivity index (χ1n) is 6.58. The Morgan fingerprint density at radius 3 is 2.15 bits per heavy atom. The predicted octanol–water partition coefficient (Wildman–Crippen LogP) is 1.78. The summed E-state index contributed by atoms with van der Waals surface area (Å²) in [4.78, 5) is 2.07. The summed E-state index contributed by atoms with van der Waals surface area (Å²) in [7, 11) is 1.91. The number of fused-ring (bicyclic) bond motifs is 2. The second-order valence-electron chi connectivity index (χ2n) is 5.69. The molecule has 1 aromatic carbocycles. The van der Waals surface area contributed by atoms with Gasteiger partial charge in [-0.1, -0.05) is 0 Å². The van der Waals surface area contributed by atoms with Gasteiger partial charge in [-0.3, -0.25) is 4.90 Å². The predicted molar refractivity (Wildman–Crippen MR) is 65.6 cm³/mol. The summed E-state index contributed by atoms with van der Waals surface area (Å²) >= 11 is 0. The molecule has 2 unspecified atom stereocenters. The number of rotatable bonds is 1. The number of ether oxygens (including phenoxy) is 1. The van der Waals surface area contributed by atoms with Crippen molar-refractivity contribution in [1.29, 1.82) is 0 Å². The number of morpholine rings is 1. The van der Waals surface area contributed by atoms with E-state index in [1.54, 1.807) is 0 Å². The molecule has 0 aliphatic carbocycles. The van der Waals surface area contributed by atoms with Crippen molar-refractivity contribution in [2.45, 2.75) is 30.5 Å². The van der Waals surface area contributed by atoms with Crippen molar-refractivity contribution in [2.24, 2.45) is 0 Å². The fourth-order valence-electron chi connectivity index (χ4n) is 3.33. The zero-order valence-corrected chi connectivity index (χ0v) is 11.1. The maximum atomic E-state index is 13.9. The van der Waals surface area contributed by atoms with Crippen LogP contribution in [-0.2, 0) is 10.3 Å². The molecular formula is C14H16F3NO2. The molecule has 6 heteroatoms. The van der Waals surface area contributed by atoms with Crippen LogP contribution in [0.2, 0.25) is 0 Å². The first-order valence-corrected chi connectivity index (χ1v) is 6.58. The summed E-state index contributed by atoms with van der Waals surface area (Å²) in [6, 6.07) is 1.02. The molecule has 3 nitrogen and oxygen atoms in total. The molecule has 20 heavy (non-hydrogen) atoms. The standard InChI is InChI=1S/C14H16F3NO2/c1-18-9-4-14(19,5-10(18)7-20-6-9)13-11(16)2-8(15)3-12(13)17/h2-3,9-10,19H,4-7H2,1H3. The molecule has 2 fully saturated rings. The number of hydrogen-bond donors (Lipinski definition) is 1. The third-order valence-electron chi connectivity index (χ3n) is 4.39. The van der Waals surface area contributed by atoms with Crippen LogP contribution in [0.25, 0.3) is 0 Å². The SMILES string of the molecule is CN1C2COCC1CC(O)(c1c(F)cc(F)cc1F)C2. The molecular weight excluding hydrogens is 271 g/mol. The van der Waals surface area contributed by atoms with Gasteiger partial charge >= 0.3 is 0 Å². The van der Waals surface area contributed by atoms with Crippen molar-refractivity contribution in [3.63, 3.8) is 0 Å². The zero-order chi connectivity index (χ0) is 14.5. The Morgan fingerprint density at radius 1 is 1.15 bits per heavy atom. The molecule has 2 heterocycles. The quantitative estimate of drug-likeness (QED) is 0.854. The van der Waals surface area contributed by atoms with Crippen molar-refractivity contribution < 1.29 is 23.0 Å². The van der Waals surface area contributed by atoms with Gasteiger partial charge in [0.2, 0.25) is 0 Å². The molecule has 1 N–H and O–H groups in total. The van der Waals surface area contributed by atoms with E-state index in [4.69, 9.17) is 4.74 Å². The summed E-state index contributed by atoms with van der Waals surface area (Å²) in [5.74, 6) is -3.05. The molecule has 0 aromatic heterocycles. The highest BCUT2D eigenvalue weighted by molar-refractivity contribution is 5.28. The average Bonchev–Trinajstić information content (AvgIpc) is 2.30. The molecule has 0 amide bonds. The minimum absolute atomic E-state index is 0.101. The summed E-state index contributed by atoms with van der Waals surface area (Å²) < 4.78 is 46.3. The lowest BCUT2D eigenvalue weighted by Gasteiger charge is -2.50. The number of nitrogens with zero attached hydrogens (tertiary/aromatic N) is 1. The zero-order valence-electron chi connectivity index (χ0n) is 11.1. The Kier molecular flexibility index (Phi) is 3.27. The monoisotopic (exact) mass is 287 g/mol. The first kappa shape index (κ1) is 13.9. The molecule has 110 valence electrons. The number of hydrogen-bond acceptors (Lipinski definition) is 3. The van der Waals surface area contributed by atoms with Crippen LogP contribution in [0.5, 0.6) is 0 Å². The second-order valence-corrected chi connectivity index (χ2v) is 5.69. The minimum atomic E-state index is -1.62. The summed E-state index contributed by atoms with van der Waals surface area (Å²) in [5, 5.41) is 10.7. The van der Waals surface area contributed by atoms with Gasteiger partial charge in [-0.2, -0.15) is 0 Å². The Balaban J connectivity index is 2.01. The van der Waals surface area contributed by atoms with Crippen LogP contribution in [0.4, 0.5) is 13.2 Å². The number of benzene rings is 1. The number of piperidine rings is 1. The maximum Gasteiger partial charge on any atom is 0.135 e. The Morgan fingerprint density at radius 2 is 1.65 bits per heavy atom. The fourth-order valence-corrected chi connectivity index (χ4v) is 3.33. The van der Waals surface area contributed by atoms with Crippen molar-refractivity contribution in [3.8, 4) is 0 Å². The molecule has 0 radical (unpaired) electrons. The molecule has 0 spiro atoms. The Bertz CT molecular complexity index is 500. The molecule has 2 aliphatic rings. The van der Waals surface area contributed by atoms with Gasteiger partial charge in [-0.15, -0.1) is 0 Å². The van der Waals surface area contributed by atoms with Gasteiger partial charge in [0.15, 0.2) is 0 Å². The summed E-state index contributed by atoms with van der Waals surface area (Å²) in [6.07, 6.45) is 0.332. The highest BCUT2D eigenvalue weighted by atomic mass is 19.1. The highest BCUT2D eigenvalue weighted by Crippen LogP contribution is 2.42. The fraction of sp³-hybridized carbons (Fsp3) is 0.571. The van der Waals surface area contributed by atoms with Crippen LogP contribution in [0.3, 0.4) is 0 Å². The number of aliphatic hydroxyl groups is 1. The van der Waals surface area contributed by atoms with Crippen LogP contribution >= 0.6 is 0 Å². The van der Waals surface area contributed by atoms with Crippen LogP contribution in [-0.4, -0.2) is 42.4 Å². The van der Waals surface area contributed by atoms with Gasteiger partial charge in [0, 0.05) is 24.2 Å². The van der Waals surface area contributed by atoms with E-state index in [9.17, 15) is 18.3 Å². The smallest absolute Gasteiger partial charge is 0.135 e. The van der Waals surface area contributed by atoms with Crippen molar-refractivity contribution in [3.05, 3.63) is 35.1 Å². The molecule has 3 rings (SSSR count). The van der Waals surface area contributed by atoms with Gasteiger partial charge in [0.1, 0.15) is 17.5 Å². The largest absolute Gasteiger partial charge is 0.385 e. The van der Waals surface area contributed by atoms with E-state index in [2.05, 4.69) is 4.90 Å². The highest BCUT2D eigenvalue weighted by Gasteiger charge is 2.47. The van der Waals surface area contributed by atoms with Crippen molar-refractivity contribution in [2.75, 3.05) is 20.3 Å². The summed E-state index contributed by atoms with van der Waals surface area (Å²) in [5.41, 5.74) is -2.04. The van der Waals surface area contributed by atoms with Crippen molar-refractivity contribution in [1.82, 2.24) is 4.90 Å². The third kappa shape index (κ3) is 2.12. The van der Waals surface area contributed by atoms with E-state index in [-0.39, 0.29) is 24.9 Å². The Hall–Kier alpha value is -1.11. The van der Waals surface area contributed by atoms with Crippen LogP contribution < -0.4 is 0 Å². The number of halogens is 3. The molecule has 2 saturated heterocycles. The summed E-state index contributed by atoms with van der Waals surface area (Å²) in [6.45, 7) is 0.833. The third-order valence-corrected chi connectivity index (χ3v) is 4.39. The van der Waals surface area contributed by atoms with Gasteiger partial charge in [0.05, 0.1) is 24.4 Å². The van der Waals surface area contributed by atoms with E-state index < -0.39 is 28.6 Å². The van der Waals surface area contributed by atoms with Gasteiger partial charge in [-0.25, -0.2) is 13.2 Å². The lowest BCUT2D eigenvalue weighted by molar-refractivity contribution is -0.139. The topological polar surface area (TPSA) is 32.7 Å². The van der Waals surface area contributed by atoms with E-state index in [1.165, 1.54) is 0 Å². The molecule has 1 aromatic rings. The van der Waals surface area contributed by atoms with Gasteiger partial charge in [0.25, 0.3) is 0 Å². The lowest BCUT2D eigenvalue weighted by Crippen LogP contribution is -2.59. The normalized spacial score (nSPS) is 34.2. The van der Waals surface area contributed by atoms with E-state index in [1.807, 2.05) is 7.05 Å². The first-order chi connectivity index (χ1) is 9.40. The average molecular weight is 287 g/mol. The van der Waals surface area contributed by atoms with Crippen LogP contribution in [0.15, 0.2) is 12.1 Å². The van der Waals surface area contributed by atoms with Gasteiger partial charge < -0.3 is 9.84 Å². The molecule has 2 bridgehead atoms. The van der Waals surface area contributed by atoms with E-state index in [0.717, 1.165) is 0 Å². The van der Waals surface area contributed by atoms with Crippen LogP contribution in [0.1, 0.15) is 18.4 Å². The molecule has 0 saturated carbocycles. The minimum Gasteiger partial charge on any atom is -0.385 e. The van der Waals surface area contributed by atoms with Crippen LogP contribution in [0, 0.1) is 17.5 Å². The lowest BCUT2D eigenvalue weighted by atomic mass is 9.76.